The number of benzene rings is 1. The summed E-state index contributed by atoms with van der Waals surface area (Å²) in [4.78, 5) is 2.54. The molecule has 0 aliphatic heterocycles. The lowest BCUT2D eigenvalue weighted by Crippen LogP contribution is -2.40. The van der Waals surface area contributed by atoms with Gasteiger partial charge in [-0.1, -0.05) is 18.6 Å². The Hall–Kier alpha value is -1.02. The van der Waals surface area contributed by atoms with Gasteiger partial charge in [0.2, 0.25) is 0 Å². The molecule has 2 rings (SSSR count). The molecule has 0 spiro atoms. The van der Waals surface area contributed by atoms with Crippen molar-refractivity contribution in [3.05, 3.63) is 29.8 Å². The molecule has 0 saturated heterocycles. The fraction of sp³-hybridized carbons (Fsp3) is 0.600. The summed E-state index contributed by atoms with van der Waals surface area (Å²) in [6.07, 6.45) is 3.92. The molecule has 1 saturated carbocycles. The van der Waals surface area contributed by atoms with Gasteiger partial charge in [0.1, 0.15) is 0 Å². The summed E-state index contributed by atoms with van der Waals surface area (Å²) in [7, 11) is 0. The number of nitrogens with zero attached hydrogens (tertiary/aromatic N) is 1. The van der Waals surface area contributed by atoms with Gasteiger partial charge in [-0.05, 0) is 56.8 Å². The van der Waals surface area contributed by atoms with Gasteiger partial charge in [0, 0.05) is 18.3 Å². The van der Waals surface area contributed by atoms with Crippen molar-refractivity contribution in [1.82, 2.24) is 0 Å². The Morgan fingerprint density at radius 2 is 2.18 bits per heavy atom. The first kappa shape index (κ1) is 12.4. The van der Waals surface area contributed by atoms with Gasteiger partial charge < -0.3 is 10.6 Å². The fourth-order valence-electron chi connectivity index (χ4n) is 3.12. The first-order valence-electron chi connectivity index (χ1n) is 6.79. The molecule has 0 bridgehead atoms. The Morgan fingerprint density at radius 3 is 2.82 bits per heavy atom. The standard InChI is InChI=1S/C15H24N2/c1-3-17(14-8-4-6-12(2)10-14)15-9-5-7-13(15)11-16/h4,6,8,10,13,15H,3,5,7,9,11,16H2,1-2H3. The van der Waals surface area contributed by atoms with Gasteiger partial charge in [0.05, 0.1) is 0 Å². The lowest BCUT2D eigenvalue weighted by Gasteiger charge is -2.34. The predicted molar refractivity (Wildman–Crippen MR) is 74.4 cm³/mol. The molecule has 2 nitrogen and oxygen atoms in total. The SMILES string of the molecule is CCN(c1cccc(C)c1)C1CCCC1CN. The van der Waals surface area contributed by atoms with E-state index in [0.29, 0.717) is 12.0 Å². The van der Waals surface area contributed by atoms with Gasteiger partial charge in [-0.25, -0.2) is 0 Å². The van der Waals surface area contributed by atoms with Crippen molar-refractivity contribution in [2.24, 2.45) is 11.7 Å². The van der Waals surface area contributed by atoms with E-state index in [1.165, 1.54) is 30.5 Å². The lowest BCUT2D eigenvalue weighted by atomic mass is 10.0. The van der Waals surface area contributed by atoms with E-state index in [2.05, 4.69) is 43.0 Å². The van der Waals surface area contributed by atoms with E-state index in [1.807, 2.05) is 0 Å². The number of hydrogen-bond acceptors (Lipinski definition) is 2. The summed E-state index contributed by atoms with van der Waals surface area (Å²) < 4.78 is 0. The van der Waals surface area contributed by atoms with Crippen LogP contribution in [0, 0.1) is 12.8 Å². The van der Waals surface area contributed by atoms with Crippen LogP contribution in [-0.4, -0.2) is 19.1 Å². The van der Waals surface area contributed by atoms with Crippen molar-refractivity contribution in [2.75, 3.05) is 18.0 Å². The molecule has 0 radical (unpaired) electrons. The third-order valence-corrected chi connectivity index (χ3v) is 4.00. The summed E-state index contributed by atoms with van der Waals surface area (Å²) in [5.41, 5.74) is 8.59. The summed E-state index contributed by atoms with van der Waals surface area (Å²) in [5.74, 6) is 0.676. The maximum atomic E-state index is 5.90. The summed E-state index contributed by atoms with van der Waals surface area (Å²) in [6, 6.07) is 9.47. The van der Waals surface area contributed by atoms with E-state index < -0.39 is 0 Å². The lowest BCUT2D eigenvalue weighted by molar-refractivity contribution is 0.462. The molecular weight excluding hydrogens is 208 g/mol. The summed E-state index contributed by atoms with van der Waals surface area (Å²) >= 11 is 0. The van der Waals surface area contributed by atoms with Crippen LogP contribution in [0.25, 0.3) is 0 Å². The average molecular weight is 232 g/mol. The molecule has 1 aromatic carbocycles. The molecule has 2 heteroatoms. The quantitative estimate of drug-likeness (QED) is 0.865. The normalized spacial score (nSPS) is 23.9. The Balaban J connectivity index is 2.21. The molecule has 2 atom stereocenters. The molecule has 0 aromatic heterocycles. The van der Waals surface area contributed by atoms with Crippen molar-refractivity contribution < 1.29 is 0 Å². The second kappa shape index (κ2) is 5.54. The van der Waals surface area contributed by atoms with Crippen LogP contribution in [-0.2, 0) is 0 Å². The van der Waals surface area contributed by atoms with Crippen LogP contribution in [0.2, 0.25) is 0 Å². The second-order valence-corrected chi connectivity index (χ2v) is 5.12. The Labute approximate surface area is 105 Å². The van der Waals surface area contributed by atoms with E-state index in [0.717, 1.165) is 13.1 Å². The van der Waals surface area contributed by atoms with Gasteiger partial charge in [-0.3, -0.25) is 0 Å². The van der Waals surface area contributed by atoms with Crippen molar-refractivity contribution in [3.8, 4) is 0 Å². The zero-order valence-corrected chi connectivity index (χ0v) is 11.0. The molecule has 1 aliphatic rings. The molecule has 1 aliphatic carbocycles. The number of hydrogen-bond donors (Lipinski definition) is 1. The molecule has 1 fully saturated rings. The zero-order chi connectivity index (χ0) is 12.3. The highest BCUT2D eigenvalue weighted by atomic mass is 15.2. The first-order valence-corrected chi connectivity index (χ1v) is 6.79. The number of nitrogens with two attached hydrogens (primary N) is 1. The minimum Gasteiger partial charge on any atom is -0.368 e. The van der Waals surface area contributed by atoms with Crippen LogP contribution < -0.4 is 10.6 Å². The molecule has 0 heterocycles. The number of rotatable bonds is 4. The first-order chi connectivity index (χ1) is 8.26. The van der Waals surface area contributed by atoms with Crippen LogP contribution in [0.15, 0.2) is 24.3 Å². The van der Waals surface area contributed by atoms with Crippen molar-refractivity contribution >= 4 is 5.69 Å². The third kappa shape index (κ3) is 2.63. The van der Waals surface area contributed by atoms with Crippen LogP contribution in [0.5, 0.6) is 0 Å². The molecule has 0 amide bonds. The monoisotopic (exact) mass is 232 g/mol. The van der Waals surface area contributed by atoms with E-state index in [1.54, 1.807) is 0 Å². The Morgan fingerprint density at radius 1 is 1.35 bits per heavy atom. The van der Waals surface area contributed by atoms with Crippen LogP contribution in [0.1, 0.15) is 31.7 Å². The molecule has 94 valence electrons. The smallest absolute Gasteiger partial charge is 0.0371 e. The minimum atomic E-state index is 0.645. The van der Waals surface area contributed by atoms with E-state index in [4.69, 9.17) is 5.73 Å². The largest absolute Gasteiger partial charge is 0.368 e. The molecular formula is C15H24N2. The van der Waals surface area contributed by atoms with Gasteiger partial charge >= 0.3 is 0 Å². The summed E-state index contributed by atoms with van der Waals surface area (Å²) in [5, 5.41) is 0. The highest BCUT2D eigenvalue weighted by Crippen LogP contribution is 2.32. The van der Waals surface area contributed by atoms with E-state index in [9.17, 15) is 0 Å². The average Bonchev–Trinajstić information content (AvgIpc) is 2.78. The van der Waals surface area contributed by atoms with Gasteiger partial charge in [-0.15, -0.1) is 0 Å². The van der Waals surface area contributed by atoms with Crippen molar-refractivity contribution in [2.45, 2.75) is 39.2 Å². The van der Waals surface area contributed by atoms with Gasteiger partial charge in [-0.2, -0.15) is 0 Å². The Bertz CT molecular complexity index is 362. The van der Waals surface area contributed by atoms with Crippen LogP contribution in [0.3, 0.4) is 0 Å². The van der Waals surface area contributed by atoms with Crippen molar-refractivity contribution in [3.63, 3.8) is 0 Å². The Kier molecular flexibility index (Phi) is 4.06. The zero-order valence-electron chi connectivity index (χ0n) is 11.0. The third-order valence-electron chi connectivity index (χ3n) is 4.00. The summed E-state index contributed by atoms with van der Waals surface area (Å²) in [6.45, 7) is 6.30. The second-order valence-electron chi connectivity index (χ2n) is 5.12. The van der Waals surface area contributed by atoms with Crippen LogP contribution >= 0.6 is 0 Å². The molecule has 17 heavy (non-hydrogen) atoms. The topological polar surface area (TPSA) is 29.3 Å². The highest BCUT2D eigenvalue weighted by molar-refractivity contribution is 5.49. The van der Waals surface area contributed by atoms with E-state index in [-0.39, 0.29) is 0 Å². The molecule has 1 aromatic rings. The van der Waals surface area contributed by atoms with E-state index >= 15 is 0 Å². The number of anilines is 1. The van der Waals surface area contributed by atoms with Crippen molar-refractivity contribution in [1.29, 1.82) is 0 Å². The minimum absolute atomic E-state index is 0.645. The fourth-order valence-corrected chi connectivity index (χ4v) is 3.12. The highest BCUT2D eigenvalue weighted by Gasteiger charge is 2.30. The van der Waals surface area contributed by atoms with Crippen LogP contribution in [0.4, 0.5) is 5.69 Å². The maximum absolute atomic E-state index is 5.90. The van der Waals surface area contributed by atoms with Gasteiger partial charge in [0.15, 0.2) is 0 Å². The number of aryl methyl sites for hydroxylation is 1. The van der Waals surface area contributed by atoms with Gasteiger partial charge in [0.25, 0.3) is 0 Å². The molecule has 2 N–H and O–H groups in total. The predicted octanol–water partition coefficient (Wildman–Crippen LogP) is 2.95. The molecule has 2 unspecified atom stereocenters. The maximum Gasteiger partial charge on any atom is 0.0371 e.